The fourth-order valence-corrected chi connectivity index (χ4v) is 1.90. The van der Waals surface area contributed by atoms with E-state index in [1.807, 2.05) is 0 Å². The number of nitrogens with zero attached hydrogens (tertiary/aromatic N) is 4. The van der Waals surface area contributed by atoms with Crippen molar-refractivity contribution in [3.63, 3.8) is 0 Å². The van der Waals surface area contributed by atoms with Crippen molar-refractivity contribution in [2.75, 3.05) is 32.7 Å². The van der Waals surface area contributed by atoms with Crippen LogP contribution in [0.5, 0.6) is 0 Å². The van der Waals surface area contributed by atoms with E-state index in [1.165, 1.54) is 0 Å². The highest BCUT2D eigenvalue weighted by Gasteiger charge is 2.08. The molecule has 1 aromatic heterocycles. The van der Waals surface area contributed by atoms with E-state index in [4.69, 9.17) is 14.6 Å². The van der Waals surface area contributed by atoms with E-state index in [1.54, 1.807) is 11.8 Å². The number of methoxy groups -OCH3 is 1. The van der Waals surface area contributed by atoms with Gasteiger partial charge in [0.25, 0.3) is 0 Å². The molecule has 0 amide bonds. The van der Waals surface area contributed by atoms with Gasteiger partial charge in [-0.25, -0.2) is 4.68 Å². The average molecular weight is 290 g/mol. The topological polar surface area (TPSA) is 99.4 Å². The normalized spacial score (nSPS) is 10.8. The number of aromatic nitrogens is 4. The van der Waals surface area contributed by atoms with Crippen LogP contribution in [0.3, 0.4) is 0 Å². The maximum Gasteiger partial charge on any atom is 0.313 e. The molecule has 9 heteroatoms. The number of carboxylic acid groups (broad SMARTS) is 1. The summed E-state index contributed by atoms with van der Waals surface area (Å²) in [7, 11) is 1.64. The first-order valence-electron chi connectivity index (χ1n) is 5.91. The molecule has 0 aliphatic carbocycles. The first-order valence-corrected chi connectivity index (χ1v) is 6.90. The molecule has 1 heterocycles. The zero-order chi connectivity index (χ0) is 13.9. The quantitative estimate of drug-likeness (QED) is 0.458. The van der Waals surface area contributed by atoms with Gasteiger partial charge < -0.3 is 14.6 Å². The predicted octanol–water partition coefficient (Wildman–Crippen LogP) is 0.293. The summed E-state index contributed by atoms with van der Waals surface area (Å²) >= 11 is 1.12. The summed E-state index contributed by atoms with van der Waals surface area (Å²) in [5, 5.41) is 20.3. The fourth-order valence-electron chi connectivity index (χ4n) is 1.28. The number of hydrogen-bond acceptors (Lipinski definition) is 7. The van der Waals surface area contributed by atoms with E-state index in [-0.39, 0.29) is 5.75 Å². The second-order valence-corrected chi connectivity index (χ2v) is 4.62. The SMILES string of the molecule is COCCOCCCCn1nnnc1SCC(=O)O. The Hall–Kier alpha value is -1.19. The van der Waals surface area contributed by atoms with Gasteiger partial charge in [-0.3, -0.25) is 4.79 Å². The Bertz CT molecular complexity index is 374. The lowest BCUT2D eigenvalue weighted by molar-refractivity contribution is -0.133. The molecule has 0 radical (unpaired) electrons. The Morgan fingerprint density at radius 2 is 2.21 bits per heavy atom. The summed E-state index contributed by atoms with van der Waals surface area (Å²) in [5.41, 5.74) is 0. The Morgan fingerprint density at radius 3 is 2.95 bits per heavy atom. The maximum atomic E-state index is 10.5. The molecule has 0 unspecified atom stereocenters. The van der Waals surface area contributed by atoms with Gasteiger partial charge >= 0.3 is 5.97 Å². The standard InChI is InChI=1S/C10H18N4O4S/c1-17-6-7-18-5-3-2-4-14-10(11-12-13-14)19-8-9(15)16/h2-8H2,1H3,(H,15,16). The number of aryl methyl sites for hydroxylation is 1. The molecule has 0 bridgehead atoms. The lowest BCUT2D eigenvalue weighted by atomic mass is 10.3. The molecule has 0 saturated heterocycles. The van der Waals surface area contributed by atoms with Gasteiger partial charge in [0.1, 0.15) is 0 Å². The average Bonchev–Trinajstić information content (AvgIpc) is 2.83. The van der Waals surface area contributed by atoms with E-state index < -0.39 is 5.97 Å². The van der Waals surface area contributed by atoms with Crippen molar-refractivity contribution < 1.29 is 19.4 Å². The third-order valence-corrected chi connectivity index (χ3v) is 3.11. The third kappa shape index (κ3) is 7.09. The predicted molar refractivity (Wildman–Crippen MR) is 68.1 cm³/mol. The van der Waals surface area contributed by atoms with Crippen LogP contribution in [-0.4, -0.2) is 64.0 Å². The van der Waals surface area contributed by atoms with Crippen LogP contribution >= 0.6 is 11.8 Å². The van der Waals surface area contributed by atoms with E-state index in [2.05, 4.69) is 15.5 Å². The Balaban J connectivity index is 2.15. The molecule has 1 N–H and O–H groups in total. The van der Waals surface area contributed by atoms with Gasteiger partial charge in [0.05, 0.1) is 19.0 Å². The highest BCUT2D eigenvalue weighted by atomic mass is 32.2. The number of carboxylic acids is 1. The molecule has 8 nitrogen and oxygen atoms in total. The zero-order valence-corrected chi connectivity index (χ0v) is 11.6. The van der Waals surface area contributed by atoms with Crippen LogP contribution < -0.4 is 0 Å². The molecular weight excluding hydrogens is 272 g/mol. The number of carbonyl (C=O) groups is 1. The van der Waals surface area contributed by atoms with Crippen molar-refractivity contribution in [3.8, 4) is 0 Å². The molecule has 0 fully saturated rings. The van der Waals surface area contributed by atoms with Gasteiger partial charge in [-0.15, -0.1) is 5.10 Å². The van der Waals surface area contributed by atoms with Crippen molar-refractivity contribution in [2.24, 2.45) is 0 Å². The third-order valence-electron chi connectivity index (χ3n) is 2.16. The van der Waals surface area contributed by atoms with Gasteiger partial charge in [-0.2, -0.15) is 0 Å². The van der Waals surface area contributed by atoms with E-state index in [9.17, 15) is 4.79 Å². The molecule has 0 spiro atoms. The fraction of sp³-hybridized carbons (Fsp3) is 0.800. The summed E-state index contributed by atoms with van der Waals surface area (Å²) < 4.78 is 11.8. The molecule has 0 aromatic carbocycles. The van der Waals surface area contributed by atoms with Crippen molar-refractivity contribution >= 4 is 17.7 Å². The second kappa shape index (κ2) is 9.70. The van der Waals surface area contributed by atoms with Crippen molar-refractivity contribution in [1.29, 1.82) is 0 Å². The minimum atomic E-state index is -0.883. The lowest BCUT2D eigenvalue weighted by Gasteiger charge is -2.04. The highest BCUT2D eigenvalue weighted by molar-refractivity contribution is 7.99. The minimum Gasteiger partial charge on any atom is -0.481 e. The highest BCUT2D eigenvalue weighted by Crippen LogP contribution is 2.13. The molecule has 0 atom stereocenters. The summed E-state index contributed by atoms with van der Waals surface area (Å²) in [4.78, 5) is 10.5. The van der Waals surface area contributed by atoms with Crippen molar-refractivity contribution in [2.45, 2.75) is 24.5 Å². The molecule has 1 aromatic rings. The minimum absolute atomic E-state index is 0.0412. The summed E-state index contributed by atoms with van der Waals surface area (Å²) in [6.07, 6.45) is 1.77. The maximum absolute atomic E-state index is 10.5. The molecule has 0 aliphatic heterocycles. The van der Waals surface area contributed by atoms with E-state index >= 15 is 0 Å². The zero-order valence-electron chi connectivity index (χ0n) is 10.8. The number of ether oxygens (including phenoxy) is 2. The lowest BCUT2D eigenvalue weighted by Crippen LogP contribution is -2.07. The van der Waals surface area contributed by atoms with E-state index in [0.29, 0.717) is 31.5 Å². The number of hydrogen-bond donors (Lipinski definition) is 1. The van der Waals surface area contributed by atoms with Crippen molar-refractivity contribution in [3.05, 3.63) is 0 Å². The van der Waals surface area contributed by atoms with Crippen LogP contribution in [0.1, 0.15) is 12.8 Å². The Kier molecular flexibility index (Phi) is 8.10. The Morgan fingerprint density at radius 1 is 1.37 bits per heavy atom. The molecule has 0 saturated carbocycles. The Labute approximate surface area is 115 Å². The van der Waals surface area contributed by atoms with Gasteiger partial charge in [0.2, 0.25) is 5.16 Å². The van der Waals surface area contributed by atoms with Crippen LogP contribution in [0.15, 0.2) is 5.16 Å². The van der Waals surface area contributed by atoms with Crippen LogP contribution in [0, 0.1) is 0 Å². The van der Waals surface area contributed by atoms with Gasteiger partial charge in [-0.1, -0.05) is 11.8 Å². The molecule has 108 valence electrons. The van der Waals surface area contributed by atoms with Gasteiger partial charge in [0.15, 0.2) is 0 Å². The first-order chi connectivity index (χ1) is 9.24. The van der Waals surface area contributed by atoms with Crippen LogP contribution in [-0.2, 0) is 20.8 Å². The summed E-state index contributed by atoms with van der Waals surface area (Å²) in [5.74, 6) is -0.924. The number of unbranched alkanes of at least 4 members (excludes halogenated alkanes) is 1. The molecule has 1 rings (SSSR count). The summed E-state index contributed by atoms with van der Waals surface area (Å²) in [6, 6.07) is 0. The smallest absolute Gasteiger partial charge is 0.313 e. The largest absolute Gasteiger partial charge is 0.481 e. The number of aliphatic carboxylic acids is 1. The monoisotopic (exact) mass is 290 g/mol. The second-order valence-electron chi connectivity index (χ2n) is 3.68. The van der Waals surface area contributed by atoms with Crippen molar-refractivity contribution in [1.82, 2.24) is 20.2 Å². The first kappa shape index (κ1) is 15.9. The number of tetrazole rings is 1. The van der Waals surface area contributed by atoms with Gasteiger partial charge in [-0.05, 0) is 23.3 Å². The number of thioether (sulfide) groups is 1. The van der Waals surface area contributed by atoms with Crippen LogP contribution in [0.25, 0.3) is 0 Å². The number of rotatable bonds is 11. The molecule has 19 heavy (non-hydrogen) atoms. The van der Waals surface area contributed by atoms with Crippen LogP contribution in [0.4, 0.5) is 0 Å². The molecular formula is C10H18N4O4S. The molecule has 0 aliphatic rings. The summed E-state index contributed by atoms with van der Waals surface area (Å²) in [6.45, 7) is 2.52. The van der Waals surface area contributed by atoms with Crippen LogP contribution in [0.2, 0.25) is 0 Å². The van der Waals surface area contributed by atoms with E-state index in [0.717, 1.165) is 24.6 Å². The van der Waals surface area contributed by atoms with Gasteiger partial charge in [0, 0.05) is 20.3 Å².